The van der Waals surface area contributed by atoms with Crippen molar-refractivity contribution in [2.24, 2.45) is 17.8 Å². The quantitative estimate of drug-likeness (QED) is 0.486. The first-order chi connectivity index (χ1) is 19.6. The molecule has 6 rings (SSSR count). The van der Waals surface area contributed by atoms with Crippen LogP contribution in [0.5, 0.6) is 0 Å². The zero-order valence-electron chi connectivity index (χ0n) is 25.2. The van der Waals surface area contributed by atoms with Crippen LogP contribution >= 0.6 is 0 Å². The number of likely N-dealkylation sites (tertiary alicyclic amines) is 2. The van der Waals surface area contributed by atoms with Crippen molar-refractivity contribution in [3.63, 3.8) is 0 Å². The predicted octanol–water partition coefficient (Wildman–Crippen LogP) is 4.17. The number of nitrogens with zero attached hydrogens (tertiary/aromatic N) is 5. The third kappa shape index (κ3) is 5.02. The van der Waals surface area contributed by atoms with Crippen molar-refractivity contribution in [3.8, 4) is 0 Å². The summed E-state index contributed by atoms with van der Waals surface area (Å²) in [5, 5.41) is 0. The van der Waals surface area contributed by atoms with Crippen molar-refractivity contribution in [2.75, 3.05) is 52.5 Å². The number of hydrogen-bond donors (Lipinski definition) is 0. The maximum atomic E-state index is 15.5. The van der Waals surface area contributed by atoms with Gasteiger partial charge in [-0.25, -0.2) is 19.2 Å². The van der Waals surface area contributed by atoms with Crippen molar-refractivity contribution in [2.45, 2.75) is 89.4 Å². The summed E-state index contributed by atoms with van der Waals surface area (Å²) in [6.45, 7) is 13.0. The Morgan fingerprint density at radius 3 is 2.29 bits per heavy atom. The Kier molecular flexibility index (Phi) is 7.54. The lowest BCUT2D eigenvalue weighted by Gasteiger charge is -2.55. The highest BCUT2D eigenvalue weighted by molar-refractivity contribution is 5.96. The SMILES string of the molecule is CCCC[C@H]1CN(CC2(F)C3COCC32)C(=O)OC12CCN(C1(C)CCN(C(=O)c3c(C)ncnc3C)CC1)CC2. The van der Waals surface area contributed by atoms with Gasteiger partial charge in [0.1, 0.15) is 17.6 Å². The van der Waals surface area contributed by atoms with Gasteiger partial charge in [-0.05, 0) is 40.0 Å². The predicted molar refractivity (Wildman–Crippen MR) is 151 cm³/mol. The molecule has 4 saturated heterocycles. The Balaban J connectivity index is 1.08. The van der Waals surface area contributed by atoms with E-state index in [1.165, 1.54) is 6.33 Å². The van der Waals surface area contributed by atoms with E-state index in [2.05, 4.69) is 28.7 Å². The third-order valence-electron chi connectivity index (χ3n) is 11.2. The van der Waals surface area contributed by atoms with Gasteiger partial charge in [-0.3, -0.25) is 9.69 Å². The standard InChI is InChI=1S/C31H46FN5O4/c1-5-6-7-23-16-36(19-31(32)24-17-40-18-25(24)31)28(39)41-30(23)10-14-37(15-11-30)29(4)8-12-35(13-9-29)27(38)26-21(2)33-20-34-22(26)3/h20,23-25H,5-19H2,1-4H3/t23-,24?,25?,31?/m0/s1. The minimum atomic E-state index is -1.31. The zero-order valence-corrected chi connectivity index (χ0v) is 25.2. The molecule has 5 heterocycles. The molecule has 3 atom stereocenters. The van der Waals surface area contributed by atoms with Crippen LogP contribution in [0.4, 0.5) is 9.18 Å². The lowest BCUT2D eigenvalue weighted by Crippen LogP contribution is -2.64. The molecule has 9 nitrogen and oxygen atoms in total. The molecule has 0 N–H and O–H groups in total. The number of unbranched alkanes of at least 4 members (excludes halogenated alkanes) is 1. The topological polar surface area (TPSA) is 88.1 Å². The normalized spacial score (nSPS) is 32.6. The third-order valence-corrected chi connectivity index (χ3v) is 11.2. The van der Waals surface area contributed by atoms with E-state index in [1.807, 2.05) is 18.7 Å². The summed E-state index contributed by atoms with van der Waals surface area (Å²) >= 11 is 0. The van der Waals surface area contributed by atoms with E-state index in [9.17, 15) is 9.59 Å². The number of piperidine rings is 2. The molecule has 5 fully saturated rings. The summed E-state index contributed by atoms with van der Waals surface area (Å²) in [5.74, 6) is 0.0998. The molecule has 1 saturated carbocycles. The molecule has 1 aromatic rings. The smallest absolute Gasteiger partial charge is 0.410 e. The van der Waals surface area contributed by atoms with Crippen molar-refractivity contribution >= 4 is 12.0 Å². The summed E-state index contributed by atoms with van der Waals surface area (Å²) < 4.78 is 27.2. The molecular weight excluding hydrogens is 525 g/mol. The average molecular weight is 572 g/mol. The largest absolute Gasteiger partial charge is 0.442 e. The van der Waals surface area contributed by atoms with Crippen LogP contribution in [0.3, 0.4) is 0 Å². The van der Waals surface area contributed by atoms with Gasteiger partial charge >= 0.3 is 6.09 Å². The molecule has 0 radical (unpaired) electrons. The van der Waals surface area contributed by atoms with Gasteiger partial charge in [0.15, 0.2) is 0 Å². The molecule has 2 unspecified atom stereocenters. The van der Waals surface area contributed by atoms with Crippen LogP contribution in [0.2, 0.25) is 0 Å². The highest BCUT2D eigenvalue weighted by Crippen LogP contribution is 2.58. The Morgan fingerprint density at radius 1 is 1.05 bits per heavy atom. The lowest BCUT2D eigenvalue weighted by molar-refractivity contribution is -0.136. The van der Waals surface area contributed by atoms with Gasteiger partial charge in [-0.15, -0.1) is 0 Å². The van der Waals surface area contributed by atoms with Crippen LogP contribution < -0.4 is 0 Å². The van der Waals surface area contributed by atoms with E-state index in [4.69, 9.17) is 9.47 Å². The second-order valence-electron chi connectivity index (χ2n) is 13.5. The fraction of sp³-hybridized carbons (Fsp3) is 0.806. The number of alkyl halides is 1. The second kappa shape index (κ2) is 10.7. The Morgan fingerprint density at radius 2 is 1.68 bits per heavy atom. The molecule has 226 valence electrons. The number of rotatable bonds is 7. The summed E-state index contributed by atoms with van der Waals surface area (Å²) in [7, 11) is 0. The van der Waals surface area contributed by atoms with E-state index in [-0.39, 0.29) is 41.8 Å². The molecule has 5 aliphatic rings. The molecule has 0 bridgehead atoms. The van der Waals surface area contributed by atoms with Crippen LogP contribution in [-0.4, -0.2) is 106 Å². The van der Waals surface area contributed by atoms with E-state index in [1.54, 1.807) is 4.90 Å². The van der Waals surface area contributed by atoms with Gasteiger partial charge in [-0.2, -0.15) is 0 Å². The van der Waals surface area contributed by atoms with Crippen molar-refractivity contribution in [3.05, 3.63) is 23.3 Å². The monoisotopic (exact) mass is 571 g/mol. The number of amides is 2. The van der Waals surface area contributed by atoms with Crippen LogP contribution in [0.25, 0.3) is 0 Å². The number of hydrogen-bond acceptors (Lipinski definition) is 7. The molecule has 41 heavy (non-hydrogen) atoms. The molecule has 1 spiro atoms. The highest BCUT2D eigenvalue weighted by atomic mass is 19.1. The van der Waals surface area contributed by atoms with Crippen LogP contribution in [0, 0.1) is 31.6 Å². The number of aryl methyl sites for hydroxylation is 2. The van der Waals surface area contributed by atoms with E-state index in [0.29, 0.717) is 38.4 Å². The minimum absolute atomic E-state index is 0.00820. The Labute approximate surface area is 243 Å². The number of ether oxygens (including phenoxy) is 2. The second-order valence-corrected chi connectivity index (χ2v) is 13.5. The number of aromatic nitrogens is 2. The van der Waals surface area contributed by atoms with Crippen LogP contribution in [-0.2, 0) is 9.47 Å². The van der Waals surface area contributed by atoms with Gasteiger partial charge in [0, 0.05) is 68.9 Å². The zero-order chi connectivity index (χ0) is 29.0. The minimum Gasteiger partial charge on any atom is -0.442 e. The van der Waals surface area contributed by atoms with Gasteiger partial charge in [-0.1, -0.05) is 19.8 Å². The van der Waals surface area contributed by atoms with E-state index < -0.39 is 11.3 Å². The number of halogens is 1. The van der Waals surface area contributed by atoms with Crippen molar-refractivity contribution in [1.29, 1.82) is 0 Å². The van der Waals surface area contributed by atoms with Crippen molar-refractivity contribution in [1.82, 2.24) is 24.7 Å². The van der Waals surface area contributed by atoms with E-state index in [0.717, 1.165) is 69.4 Å². The van der Waals surface area contributed by atoms with E-state index >= 15 is 4.39 Å². The van der Waals surface area contributed by atoms with Crippen LogP contribution in [0.15, 0.2) is 6.33 Å². The molecule has 4 aliphatic heterocycles. The average Bonchev–Trinajstić information content (AvgIpc) is 3.26. The first kappa shape index (κ1) is 28.8. The lowest BCUT2D eigenvalue weighted by atomic mass is 9.74. The molecule has 2 amide bonds. The van der Waals surface area contributed by atoms with Crippen molar-refractivity contribution < 1.29 is 23.5 Å². The highest BCUT2D eigenvalue weighted by Gasteiger charge is 2.70. The first-order valence-electron chi connectivity index (χ1n) is 15.7. The molecule has 10 heteroatoms. The number of fused-ring (bicyclic) bond motifs is 1. The summed E-state index contributed by atoms with van der Waals surface area (Å²) in [6.07, 6.45) is 7.73. The maximum absolute atomic E-state index is 15.5. The molecular formula is C31H46FN5O4. The number of carbonyl (C=O) groups is 2. The van der Waals surface area contributed by atoms with Gasteiger partial charge in [0.2, 0.25) is 0 Å². The summed E-state index contributed by atoms with van der Waals surface area (Å²) in [5.41, 5.74) is 0.291. The summed E-state index contributed by atoms with van der Waals surface area (Å²) in [6, 6.07) is 0. The molecule has 1 aliphatic carbocycles. The van der Waals surface area contributed by atoms with Crippen LogP contribution in [0.1, 0.15) is 80.5 Å². The fourth-order valence-corrected chi connectivity index (χ4v) is 8.19. The van der Waals surface area contributed by atoms with Gasteiger partial charge < -0.3 is 19.3 Å². The summed E-state index contributed by atoms with van der Waals surface area (Å²) in [4.78, 5) is 41.2. The first-order valence-corrected chi connectivity index (χ1v) is 15.7. The Hall–Kier alpha value is -2.33. The Bertz CT molecular complexity index is 1130. The number of carbonyl (C=O) groups excluding carboxylic acids is 2. The fourth-order valence-electron chi connectivity index (χ4n) is 8.19. The van der Waals surface area contributed by atoms with Gasteiger partial charge in [0.25, 0.3) is 5.91 Å². The van der Waals surface area contributed by atoms with Gasteiger partial charge in [0.05, 0.1) is 36.7 Å². The molecule has 0 aromatic carbocycles. The maximum Gasteiger partial charge on any atom is 0.410 e. The molecule has 1 aromatic heterocycles.